The molecule has 4 atom stereocenters. The van der Waals surface area contributed by atoms with Crippen LogP contribution in [0.3, 0.4) is 0 Å². The maximum absolute atomic E-state index is 11.2. The minimum Gasteiger partial charge on any atom is -0.466 e. The number of carbonyl (C=O) groups excluding carboxylic acids is 1. The van der Waals surface area contributed by atoms with Crippen LogP contribution in [0.1, 0.15) is 85.0 Å². The summed E-state index contributed by atoms with van der Waals surface area (Å²) in [5.74, 6) is -0.145. The molecule has 3 rings (SSSR count). The van der Waals surface area contributed by atoms with E-state index >= 15 is 0 Å². The molecule has 4 unspecified atom stereocenters. The third-order valence-corrected chi connectivity index (χ3v) is 7.92. The van der Waals surface area contributed by atoms with Crippen molar-refractivity contribution in [3.63, 3.8) is 0 Å². The molecular formula is C30H48O6. The fourth-order valence-electron chi connectivity index (χ4n) is 5.72. The van der Waals surface area contributed by atoms with Crippen LogP contribution in [-0.2, 0) is 28.5 Å². The normalized spacial score (nSPS) is 27.6. The van der Waals surface area contributed by atoms with Crippen LogP contribution in [-0.4, -0.2) is 51.1 Å². The topological polar surface area (TPSA) is 63.2 Å². The van der Waals surface area contributed by atoms with E-state index in [1.165, 1.54) is 32.4 Å². The van der Waals surface area contributed by atoms with E-state index in [1.807, 2.05) is 6.08 Å². The molecule has 3 fully saturated rings. The van der Waals surface area contributed by atoms with Crippen LogP contribution >= 0.6 is 0 Å². The summed E-state index contributed by atoms with van der Waals surface area (Å²) in [5.41, 5.74) is 0.0359. The SMILES string of the molecule is CCCCC(C)(C)C(/C=C/C1CCC2(OCCO2)C1CCC=C/C=C/C(=O)OC)OC1CCCCO1. The average molecular weight is 505 g/mol. The highest BCUT2D eigenvalue weighted by molar-refractivity contribution is 5.82. The molecule has 3 aliphatic rings. The lowest BCUT2D eigenvalue weighted by atomic mass is 9.80. The minimum atomic E-state index is -0.467. The van der Waals surface area contributed by atoms with Gasteiger partial charge < -0.3 is 23.7 Å². The number of hydrogen-bond donors (Lipinski definition) is 0. The molecule has 204 valence electrons. The van der Waals surface area contributed by atoms with Gasteiger partial charge in [0.15, 0.2) is 12.1 Å². The zero-order chi connectivity index (χ0) is 25.9. The molecule has 1 spiro atoms. The molecule has 2 heterocycles. The molecule has 0 aromatic carbocycles. The summed E-state index contributed by atoms with van der Waals surface area (Å²) in [6.07, 6.45) is 22.4. The summed E-state index contributed by atoms with van der Waals surface area (Å²) < 4.78 is 29.6. The second kappa shape index (κ2) is 14.5. The van der Waals surface area contributed by atoms with Gasteiger partial charge in [0.05, 0.1) is 26.4 Å². The first kappa shape index (κ1) is 29.1. The second-order valence-corrected chi connectivity index (χ2v) is 11.0. The van der Waals surface area contributed by atoms with Crippen LogP contribution in [0.4, 0.5) is 0 Å². The van der Waals surface area contributed by atoms with Crippen molar-refractivity contribution in [1.29, 1.82) is 0 Å². The Labute approximate surface area is 218 Å². The Morgan fingerprint density at radius 1 is 1.14 bits per heavy atom. The summed E-state index contributed by atoms with van der Waals surface area (Å²) >= 11 is 0. The third-order valence-electron chi connectivity index (χ3n) is 7.92. The van der Waals surface area contributed by atoms with Gasteiger partial charge in [0.1, 0.15) is 0 Å². The lowest BCUT2D eigenvalue weighted by Gasteiger charge is -2.36. The number of methoxy groups -OCH3 is 1. The van der Waals surface area contributed by atoms with E-state index in [0.717, 1.165) is 51.6 Å². The Morgan fingerprint density at radius 3 is 2.64 bits per heavy atom. The highest BCUT2D eigenvalue weighted by Gasteiger charge is 2.51. The molecule has 0 radical (unpaired) electrons. The van der Waals surface area contributed by atoms with E-state index in [2.05, 4.69) is 43.7 Å². The van der Waals surface area contributed by atoms with E-state index in [4.69, 9.17) is 18.9 Å². The number of unbranched alkanes of at least 4 members (excludes halogenated alkanes) is 1. The van der Waals surface area contributed by atoms with Crippen LogP contribution in [0, 0.1) is 17.3 Å². The Bertz CT molecular complexity index is 743. The molecule has 36 heavy (non-hydrogen) atoms. The summed E-state index contributed by atoms with van der Waals surface area (Å²) in [7, 11) is 1.38. The number of esters is 1. The summed E-state index contributed by atoms with van der Waals surface area (Å²) in [6.45, 7) is 9.02. The van der Waals surface area contributed by atoms with Gasteiger partial charge in [-0.3, -0.25) is 0 Å². The first-order valence-corrected chi connectivity index (χ1v) is 14.0. The molecule has 2 aliphatic heterocycles. The molecule has 1 aliphatic carbocycles. The summed E-state index contributed by atoms with van der Waals surface area (Å²) in [6, 6.07) is 0. The van der Waals surface area contributed by atoms with Crippen LogP contribution in [0.15, 0.2) is 36.5 Å². The highest BCUT2D eigenvalue weighted by atomic mass is 16.7. The first-order chi connectivity index (χ1) is 17.4. The van der Waals surface area contributed by atoms with Crippen molar-refractivity contribution >= 4 is 5.97 Å². The number of carbonyl (C=O) groups is 1. The largest absolute Gasteiger partial charge is 0.466 e. The van der Waals surface area contributed by atoms with Gasteiger partial charge in [-0.2, -0.15) is 0 Å². The fourth-order valence-corrected chi connectivity index (χ4v) is 5.72. The monoisotopic (exact) mass is 504 g/mol. The van der Waals surface area contributed by atoms with Crippen LogP contribution in [0.5, 0.6) is 0 Å². The lowest BCUT2D eigenvalue weighted by molar-refractivity contribution is -0.198. The summed E-state index contributed by atoms with van der Waals surface area (Å²) in [5, 5.41) is 0. The van der Waals surface area contributed by atoms with E-state index < -0.39 is 5.79 Å². The standard InChI is InChI=1S/C30H48O6/c1-5-6-19-29(2,3)26(36-28-15-11-12-21-33-28)17-16-24-18-20-30(34-22-23-35-30)25(24)13-9-7-8-10-14-27(31)32-4/h7-8,10,14,16-17,24-26,28H,5-6,9,11-13,15,18-23H2,1-4H3/b8-7?,14-10+,17-16+. The Kier molecular flexibility index (Phi) is 11.7. The molecular weight excluding hydrogens is 456 g/mol. The molecule has 0 bridgehead atoms. The maximum Gasteiger partial charge on any atom is 0.330 e. The van der Waals surface area contributed by atoms with Crippen molar-refractivity contribution in [3.8, 4) is 0 Å². The van der Waals surface area contributed by atoms with Crippen molar-refractivity contribution in [2.24, 2.45) is 17.3 Å². The van der Waals surface area contributed by atoms with Gasteiger partial charge in [0.2, 0.25) is 0 Å². The van der Waals surface area contributed by atoms with E-state index in [1.54, 1.807) is 6.08 Å². The molecule has 0 aromatic heterocycles. The minimum absolute atomic E-state index is 0.0121. The van der Waals surface area contributed by atoms with Gasteiger partial charge in [-0.1, -0.05) is 64.0 Å². The number of allylic oxidation sites excluding steroid dienone is 4. The van der Waals surface area contributed by atoms with Crippen molar-refractivity contribution in [2.45, 2.75) is 103 Å². The van der Waals surface area contributed by atoms with Crippen LogP contribution < -0.4 is 0 Å². The maximum atomic E-state index is 11.2. The van der Waals surface area contributed by atoms with Crippen molar-refractivity contribution in [3.05, 3.63) is 36.5 Å². The molecule has 6 nitrogen and oxygen atoms in total. The Balaban J connectivity index is 1.69. The van der Waals surface area contributed by atoms with Gasteiger partial charge >= 0.3 is 5.97 Å². The lowest BCUT2D eigenvalue weighted by Crippen LogP contribution is -2.37. The quantitative estimate of drug-likeness (QED) is 0.123. The van der Waals surface area contributed by atoms with Gasteiger partial charge in [0.25, 0.3) is 0 Å². The zero-order valence-corrected chi connectivity index (χ0v) is 22.9. The average Bonchev–Trinajstić information content (AvgIpc) is 3.50. The molecule has 0 amide bonds. The second-order valence-electron chi connectivity index (χ2n) is 11.0. The predicted octanol–water partition coefficient (Wildman–Crippen LogP) is 6.51. The summed E-state index contributed by atoms with van der Waals surface area (Å²) in [4.78, 5) is 11.2. The Hall–Kier alpha value is -1.47. The fraction of sp³-hybridized carbons (Fsp3) is 0.767. The van der Waals surface area contributed by atoms with Crippen molar-refractivity contribution in [1.82, 2.24) is 0 Å². The van der Waals surface area contributed by atoms with E-state index in [-0.39, 0.29) is 29.7 Å². The van der Waals surface area contributed by atoms with Gasteiger partial charge in [0, 0.05) is 25.0 Å². The van der Waals surface area contributed by atoms with Gasteiger partial charge in [-0.05, 0) is 56.3 Å². The Morgan fingerprint density at radius 2 is 1.94 bits per heavy atom. The van der Waals surface area contributed by atoms with E-state index in [9.17, 15) is 4.79 Å². The molecule has 0 N–H and O–H groups in total. The molecule has 2 saturated heterocycles. The first-order valence-electron chi connectivity index (χ1n) is 14.0. The smallest absolute Gasteiger partial charge is 0.330 e. The van der Waals surface area contributed by atoms with Crippen molar-refractivity contribution < 1.29 is 28.5 Å². The van der Waals surface area contributed by atoms with E-state index in [0.29, 0.717) is 19.1 Å². The van der Waals surface area contributed by atoms with Crippen LogP contribution in [0.2, 0.25) is 0 Å². The molecule has 1 saturated carbocycles. The molecule has 6 heteroatoms. The van der Waals surface area contributed by atoms with Crippen LogP contribution in [0.25, 0.3) is 0 Å². The number of ether oxygens (including phenoxy) is 5. The zero-order valence-electron chi connectivity index (χ0n) is 22.9. The van der Waals surface area contributed by atoms with Gasteiger partial charge in [-0.15, -0.1) is 0 Å². The van der Waals surface area contributed by atoms with Crippen molar-refractivity contribution in [2.75, 3.05) is 26.9 Å². The highest BCUT2D eigenvalue weighted by Crippen LogP contribution is 2.49. The molecule has 0 aromatic rings. The number of rotatable bonds is 13. The van der Waals surface area contributed by atoms with Gasteiger partial charge in [-0.25, -0.2) is 4.79 Å². The predicted molar refractivity (Wildman–Crippen MR) is 141 cm³/mol. The number of hydrogen-bond acceptors (Lipinski definition) is 6. The third kappa shape index (κ3) is 8.27.